The lowest BCUT2D eigenvalue weighted by atomic mass is 9.83. The van der Waals surface area contributed by atoms with E-state index in [0.717, 1.165) is 55.0 Å². The Morgan fingerprint density at radius 2 is 1.67 bits per heavy atom. The van der Waals surface area contributed by atoms with E-state index in [-0.39, 0.29) is 5.92 Å². The summed E-state index contributed by atoms with van der Waals surface area (Å²) in [4.78, 5) is 4.63. The van der Waals surface area contributed by atoms with E-state index in [0.29, 0.717) is 11.1 Å². The summed E-state index contributed by atoms with van der Waals surface area (Å²) in [6.45, 7) is 7.91. The number of allylic oxidation sites excluding steroid dienone is 3. The molecule has 168 valence electrons. The van der Waals surface area contributed by atoms with Crippen LogP contribution in [0.3, 0.4) is 0 Å². The molecule has 1 aliphatic heterocycles. The average molecular weight is 437 g/mol. The number of piperidine rings is 1. The molecule has 1 heterocycles. The minimum atomic E-state index is 0.123. The highest BCUT2D eigenvalue weighted by Crippen LogP contribution is 2.41. The van der Waals surface area contributed by atoms with Gasteiger partial charge in [0.2, 0.25) is 0 Å². The molecule has 0 saturated carbocycles. The summed E-state index contributed by atoms with van der Waals surface area (Å²) >= 11 is 0. The number of nitrogens with zero attached hydrogens (tertiary/aromatic N) is 4. The zero-order valence-electron chi connectivity index (χ0n) is 19.7. The van der Waals surface area contributed by atoms with Crippen molar-refractivity contribution in [3.8, 4) is 23.3 Å². The lowest BCUT2D eigenvalue weighted by Gasteiger charge is -2.32. The summed E-state index contributed by atoms with van der Waals surface area (Å²) < 4.78 is 0. The van der Waals surface area contributed by atoms with Crippen LogP contribution in [-0.2, 0) is 0 Å². The molecule has 2 aromatic rings. The Bertz CT molecular complexity index is 1120. The van der Waals surface area contributed by atoms with Crippen molar-refractivity contribution in [1.29, 1.82) is 10.5 Å². The third-order valence-electron chi connectivity index (χ3n) is 6.92. The van der Waals surface area contributed by atoms with E-state index in [4.69, 9.17) is 0 Å². The van der Waals surface area contributed by atoms with Gasteiger partial charge in [0.15, 0.2) is 0 Å². The van der Waals surface area contributed by atoms with Gasteiger partial charge in [0.1, 0.15) is 12.1 Å². The number of hydrogen-bond acceptors (Lipinski definition) is 4. The van der Waals surface area contributed by atoms with Crippen LogP contribution in [-0.4, -0.2) is 31.1 Å². The van der Waals surface area contributed by atoms with Gasteiger partial charge >= 0.3 is 0 Å². The molecule has 1 fully saturated rings. The van der Waals surface area contributed by atoms with Gasteiger partial charge in [-0.3, -0.25) is 0 Å². The molecule has 0 bridgehead atoms. The molecule has 0 amide bonds. The first-order valence-corrected chi connectivity index (χ1v) is 12.2. The van der Waals surface area contributed by atoms with E-state index >= 15 is 0 Å². The van der Waals surface area contributed by atoms with E-state index in [1.807, 2.05) is 30.3 Å². The molecular weight excluding hydrogens is 404 g/mol. The van der Waals surface area contributed by atoms with Gasteiger partial charge in [0.25, 0.3) is 0 Å². The normalized spacial score (nSPS) is 17.8. The Balaban J connectivity index is 1.82. The van der Waals surface area contributed by atoms with Crippen molar-refractivity contribution in [2.45, 2.75) is 45.4 Å². The number of anilines is 1. The van der Waals surface area contributed by atoms with Crippen molar-refractivity contribution in [3.63, 3.8) is 0 Å². The van der Waals surface area contributed by atoms with Crippen molar-refractivity contribution in [2.75, 3.05) is 31.1 Å². The van der Waals surface area contributed by atoms with Gasteiger partial charge in [-0.1, -0.05) is 42.5 Å². The molecular formula is C29H32N4. The number of nitriles is 2. The van der Waals surface area contributed by atoms with Crippen LogP contribution in [0, 0.1) is 22.7 Å². The summed E-state index contributed by atoms with van der Waals surface area (Å²) in [5, 5.41) is 20.5. The number of hydrogen-bond donors (Lipinski definition) is 0. The molecule has 0 spiro atoms. The van der Waals surface area contributed by atoms with Gasteiger partial charge in [0, 0.05) is 43.4 Å². The predicted molar refractivity (Wildman–Crippen MR) is 135 cm³/mol. The van der Waals surface area contributed by atoms with Gasteiger partial charge in [-0.15, -0.1) is 0 Å². The largest absolute Gasteiger partial charge is 0.372 e. The van der Waals surface area contributed by atoms with Crippen molar-refractivity contribution in [2.24, 2.45) is 0 Å². The quantitative estimate of drug-likeness (QED) is 0.529. The van der Waals surface area contributed by atoms with Gasteiger partial charge in [-0.25, -0.2) is 0 Å². The maximum atomic E-state index is 10.3. The maximum absolute atomic E-state index is 10.3. The monoisotopic (exact) mass is 436 g/mol. The van der Waals surface area contributed by atoms with Gasteiger partial charge in [-0.2, -0.15) is 10.5 Å². The molecule has 0 radical (unpaired) electrons. The van der Waals surface area contributed by atoms with Gasteiger partial charge < -0.3 is 9.80 Å². The summed E-state index contributed by atoms with van der Waals surface area (Å²) in [7, 11) is 0. The topological polar surface area (TPSA) is 54.1 Å². The van der Waals surface area contributed by atoms with E-state index in [9.17, 15) is 10.5 Å². The van der Waals surface area contributed by atoms with E-state index in [1.54, 1.807) is 0 Å². The highest BCUT2D eigenvalue weighted by Gasteiger charge is 2.26. The minimum Gasteiger partial charge on any atom is -0.372 e. The summed E-state index contributed by atoms with van der Waals surface area (Å²) in [5.74, 6) is 0.123. The minimum absolute atomic E-state index is 0.123. The van der Waals surface area contributed by atoms with Crippen LogP contribution in [0.1, 0.15) is 62.1 Å². The molecule has 1 saturated heterocycles. The lowest BCUT2D eigenvalue weighted by molar-refractivity contribution is 0.291. The second-order valence-corrected chi connectivity index (χ2v) is 8.75. The van der Waals surface area contributed by atoms with E-state index < -0.39 is 0 Å². The van der Waals surface area contributed by atoms with Crippen LogP contribution in [0.25, 0.3) is 11.1 Å². The zero-order chi connectivity index (χ0) is 23.2. The second-order valence-electron chi connectivity index (χ2n) is 8.75. The predicted octanol–water partition coefficient (Wildman–Crippen LogP) is 6.36. The maximum Gasteiger partial charge on any atom is 0.102 e. The average Bonchev–Trinajstić information content (AvgIpc) is 2.89. The molecule has 0 N–H and O–H groups in total. The fourth-order valence-electron chi connectivity index (χ4n) is 5.14. The Morgan fingerprint density at radius 3 is 2.24 bits per heavy atom. The molecule has 4 rings (SSSR count). The van der Waals surface area contributed by atoms with Gasteiger partial charge in [-0.05, 0) is 62.8 Å². The summed E-state index contributed by atoms with van der Waals surface area (Å²) in [6.07, 6.45) is 11.5. The summed E-state index contributed by atoms with van der Waals surface area (Å²) in [5.41, 5.74) is 6.26. The van der Waals surface area contributed by atoms with Crippen molar-refractivity contribution in [1.82, 2.24) is 4.90 Å². The van der Waals surface area contributed by atoms with Crippen LogP contribution in [0.5, 0.6) is 0 Å². The number of benzene rings is 2. The third kappa shape index (κ3) is 4.53. The molecule has 1 aliphatic carbocycles. The van der Waals surface area contributed by atoms with Crippen LogP contribution in [0.15, 0.2) is 60.3 Å². The van der Waals surface area contributed by atoms with Crippen LogP contribution < -0.4 is 4.90 Å². The molecule has 4 heteroatoms. The fraction of sp³-hybridized carbons (Fsp3) is 0.379. The summed E-state index contributed by atoms with van der Waals surface area (Å²) in [6, 6.07) is 17.1. The fourth-order valence-corrected chi connectivity index (χ4v) is 5.14. The highest BCUT2D eigenvalue weighted by atomic mass is 15.1. The zero-order valence-corrected chi connectivity index (χ0v) is 19.7. The van der Waals surface area contributed by atoms with Crippen molar-refractivity contribution >= 4 is 5.69 Å². The third-order valence-corrected chi connectivity index (χ3v) is 6.92. The second kappa shape index (κ2) is 10.4. The first kappa shape index (κ1) is 22.7. The standard InChI is InChI=1S/C29H32N4/c1-3-32(4-2)29-27(20-30)25(22-11-7-5-8-12-22)19-26(28(29)21-31)23-13-15-24(16-14-23)33-17-9-6-10-18-33/h5,7-8,11-13,15-16,19,23H,3-4,6,9-10,14,17-18H2,1-2H3. The Kier molecular flexibility index (Phi) is 7.16. The van der Waals surface area contributed by atoms with Gasteiger partial charge in [0.05, 0.1) is 16.8 Å². The SMILES string of the molecule is CCN(CC)c1c(C#N)c(-c2ccccc2)cc(C2C=CC(N3CCCCC3)=CC2)c1C#N. The van der Waals surface area contributed by atoms with E-state index in [2.05, 4.69) is 60.1 Å². The van der Waals surface area contributed by atoms with Crippen LogP contribution in [0.4, 0.5) is 5.69 Å². The van der Waals surface area contributed by atoms with Crippen LogP contribution in [0.2, 0.25) is 0 Å². The molecule has 0 aromatic heterocycles. The Labute approximate surface area is 198 Å². The number of rotatable bonds is 6. The Morgan fingerprint density at radius 1 is 0.970 bits per heavy atom. The van der Waals surface area contributed by atoms with Crippen LogP contribution >= 0.6 is 0 Å². The van der Waals surface area contributed by atoms with Crippen molar-refractivity contribution < 1.29 is 0 Å². The Hall–Kier alpha value is -3.50. The van der Waals surface area contributed by atoms with E-state index in [1.165, 1.54) is 25.0 Å². The highest BCUT2D eigenvalue weighted by molar-refractivity contribution is 5.84. The molecule has 33 heavy (non-hydrogen) atoms. The first-order chi connectivity index (χ1) is 16.2. The molecule has 2 aliphatic rings. The molecule has 1 atom stereocenters. The smallest absolute Gasteiger partial charge is 0.102 e. The molecule has 4 nitrogen and oxygen atoms in total. The van der Waals surface area contributed by atoms with Crippen molar-refractivity contribution in [3.05, 3.63) is 77.0 Å². The first-order valence-electron chi connectivity index (χ1n) is 12.2. The molecule has 1 unspecified atom stereocenters. The molecule has 2 aromatic carbocycles. The number of likely N-dealkylation sites (tertiary alicyclic amines) is 1. The lowest BCUT2D eigenvalue weighted by Crippen LogP contribution is -2.29.